The molecule has 1 aliphatic heterocycles. The van der Waals surface area contributed by atoms with Gasteiger partial charge in [0.15, 0.2) is 0 Å². The van der Waals surface area contributed by atoms with E-state index in [2.05, 4.69) is 10.6 Å². The number of rotatable bonds is 5. The predicted molar refractivity (Wildman–Crippen MR) is 72.2 cm³/mol. The number of carbonyl (C=O) groups excluding carboxylic acids is 1. The van der Waals surface area contributed by atoms with Crippen molar-refractivity contribution in [3.8, 4) is 0 Å². The van der Waals surface area contributed by atoms with Crippen LogP contribution in [-0.4, -0.2) is 43.5 Å². The molecule has 0 aliphatic carbocycles. The molecule has 0 spiro atoms. The summed E-state index contributed by atoms with van der Waals surface area (Å²) in [5.41, 5.74) is 0.905. The first-order valence-corrected chi connectivity index (χ1v) is 6.52. The number of halogens is 1. The summed E-state index contributed by atoms with van der Waals surface area (Å²) in [7, 11) is 1.95. The molecule has 1 amide bonds. The molecule has 2 rings (SSSR count). The molecule has 0 bridgehead atoms. The third-order valence-corrected chi connectivity index (χ3v) is 3.52. The lowest BCUT2D eigenvalue weighted by atomic mass is 10.1. The van der Waals surface area contributed by atoms with E-state index >= 15 is 0 Å². The third kappa shape index (κ3) is 3.75. The Balaban J connectivity index is 1.82. The van der Waals surface area contributed by atoms with Crippen LogP contribution in [0.3, 0.4) is 0 Å². The second-order valence-electron chi connectivity index (χ2n) is 5.07. The molecule has 1 unspecified atom stereocenters. The van der Waals surface area contributed by atoms with Crippen LogP contribution in [0.1, 0.15) is 18.5 Å². The van der Waals surface area contributed by atoms with Crippen molar-refractivity contribution in [2.24, 2.45) is 0 Å². The maximum absolute atomic E-state index is 12.8. The summed E-state index contributed by atoms with van der Waals surface area (Å²) in [4.78, 5) is 13.9. The van der Waals surface area contributed by atoms with Crippen molar-refractivity contribution in [2.75, 3.05) is 26.7 Å². The minimum atomic E-state index is -0.264. The Hall–Kier alpha value is -1.46. The average Bonchev–Trinajstić information content (AvgIpc) is 2.26. The minimum Gasteiger partial charge on any atom is -0.348 e. The lowest BCUT2D eigenvalue weighted by Crippen LogP contribution is -2.57. The van der Waals surface area contributed by atoms with Crippen molar-refractivity contribution in [1.82, 2.24) is 15.5 Å². The van der Waals surface area contributed by atoms with Gasteiger partial charge in [-0.25, -0.2) is 4.39 Å². The van der Waals surface area contributed by atoms with E-state index in [4.69, 9.17) is 0 Å². The monoisotopic (exact) mass is 265 g/mol. The Bertz CT molecular complexity index is 431. The Morgan fingerprint density at radius 3 is 2.63 bits per heavy atom. The van der Waals surface area contributed by atoms with Crippen molar-refractivity contribution in [2.45, 2.75) is 19.0 Å². The van der Waals surface area contributed by atoms with Gasteiger partial charge in [-0.15, -0.1) is 0 Å². The van der Waals surface area contributed by atoms with Crippen LogP contribution in [0.25, 0.3) is 0 Å². The molecule has 4 nitrogen and oxygen atoms in total. The van der Waals surface area contributed by atoms with Crippen LogP contribution in [0, 0.1) is 5.82 Å². The summed E-state index contributed by atoms with van der Waals surface area (Å²) in [6.45, 7) is 4.17. The molecule has 1 fully saturated rings. The van der Waals surface area contributed by atoms with Crippen LogP contribution in [0.2, 0.25) is 0 Å². The number of hydrogen-bond acceptors (Lipinski definition) is 3. The van der Waals surface area contributed by atoms with Gasteiger partial charge in [0, 0.05) is 19.1 Å². The van der Waals surface area contributed by atoms with E-state index in [1.807, 2.05) is 18.9 Å². The Morgan fingerprint density at radius 1 is 1.47 bits per heavy atom. The fraction of sp³-hybridized carbons (Fsp3) is 0.500. The zero-order valence-corrected chi connectivity index (χ0v) is 11.3. The molecule has 1 aliphatic rings. The number of nitrogens with zero attached hydrogens (tertiary/aromatic N) is 1. The number of carbonyl (C=O) groups is 1. The third-order valence-electron chi connectivity index (χ3n) is 3.52. The summed E-state index contributed by atoms with van der Waals surface area (Å²) >= 11 is 0. The van der Waals surface area contributed by atoms with Gasteiger partial charge in [0.2, 0.25) is 5.91 Å². The quantitative estimate of drug-likeness (QED) is 0.831. The van der Waals surface area contributed by atoms with Gasteiger partial charge in [-0.2, -0.15) is 0 Å². The van der Waals surface area contributed by atoms with E-state index in [0.29, 0.717) is 12.6 Å². The summed E-state index contributed by atoms with van der Waals surface area (Å²) in [6, 6.07) is 6.54. The molecule has 0 radical (unpaired) electrons. The highest BCUT2D eigenvalue weighted by Crippen LogP contribution is 2.12. The minimum absolute atomic E-state index is 0.00812. The molecule has 2 N–H and O–H groups in total. The first kappa shape index (κ1) is 14.0. The fourth-order valence-corrected chi connectivity index (χ4v) is 2.06. The first-order chi connectivity index (χ1) is 9.06. The molecule has 5 heteroatoms. The number of hydrogen-bond donors (Lipinski definition) is 2. The maximum Gasteiger partial charge on any atom is 0.234 e. The Morgan fingerprint density at radius 2 is 2.11 bits per heavy atom. The largest absolute Gasteiger partial charge is 0.348 e. The predicted octanol–water partition coefficient (Wildman–Crippen LogP) is 0.906. The molecule has 1 atom stereocenters. The van der Waals surface area contributed by atoms with Crippen LogP contribution in [0.5, 0.6) is 0 Å². The van der Waals surface area contributed by atoms with Crippen molar-refractivity contribution >= 4 is 5.91 Å². The second-order valence-corrected chi connectivity index (χ2v) is 5.07. The summed E-state index contributed by atoms with van der Waals surface area (Å²) in [5.74, 6) is -0.272. The standard InChI is InChI=1S/C14H20FN3O/c1-10(11-3-5-12(15)6-4-11)17-14(19)9-18(2)13-7-16-8-13/h3-6,10,13,16H,7-9H2,1-2H3,(H,17,19). The van der Waals surface area contributed by atoms with E-state index in [0.717, 1.165) is 18.7 Å². The molecular weight excluding hydrogens is 245 g/mol. The lowest BCUT2D eigenvalue weighted by Gasteiger charge is -2.35. The molecular formula is C14H20FN3O. The highest BCUT2D eigenvalue weighted by Gasteiger charge is 2.23. The maximum atomic E-state index is 12.8. The zero-order chi connectivity index (χ0) is 13.8. The highest BCUT2D eigenvalue weighted by atomic mass is 19.1. The topological polar surface area (TPSA) is 44.4 Å². The molecule has 19 heavy (non-hydrogen) atoms. The van der Waals surface area contributed by atoms with Gasteiger partial charge in [0.1, 0.15) is 5.82 Å². The van der Waals surface area contributed by atoms with Crippen molar-refractivity contribution < 1.29 is 9.18 Å². The first-order valence-electron chi connectivity index (χ1n) is 6.52. The van der Waals surface area contributed by atoms with E-state index in [1.165, 1.54) is 12.1 Å². The van der Waals surface area contributed by atoms with Crippen molar-refractivity contribution in [3.63, 3.8) is 0 Å². The van der Waals surface area contributed by atoms with Crippen molar-refractivity contribution in [3.05, 3.63) is 35.6 Å². The van der Waals surface area contributed by atoms with Gasteiger partial charge >= 0.3 is 0 Å². The highest BCUT2D eigenvalue weighted by molar-refractivity contribution is 5.78. The number of nitrogens with one attached hydrogen (secondary N) is 2. The van der Waals surface area contributed by atoms with Crippen molar-refractivity contribution in [1.29, 1.82) is 0 Å². The summed E-state index contributed by atoms with van der Waals surface area (Å²) < 4.78 is 12.8. The van der Waals surface area contributed by atoms with E-state index in [-0.39, 0.29) is 17.8 Å². The lowest BCUT2D eigenvalue weighted by molar-refractivity contribution is -0.123. The van der Waals surface area contributed by atoms with Gasteiger partial charge < -0.3 is 10.6 Å². The number of likely N-dealkylation sites (N-methyl/N-ethyl adjacent to an activating group) is 1. The number of benzene rings is 1. The van der Waals surface area contributed by atoms with E-state index in [1.54, 1.807) is 12.1 Å². The van der Waals surface area contributed by atoms with Gasteiger partial charge in [-0.05, 0) is 31.7 Å². The van der Waals surface area contributed by atoms with E-state index in [9.17, 15) is 9.18 Å². The zero-order valence-electron chi connectivity index (χ0n) is 11.3. The average molecular weight is 265 g/mol. The van der Waals surface area contributed by atoms with Gasteiger partial charge in [-0.1, -0.05) is 12.1 Å². The fourth-order valence-electron chi connectivity index (χ4n) is 2.06. The number of amides is 1. The molecule has 1 saturated heterocycles. The van der Waals surface area contributed by atoms with Crippen LogP contribution in [-0.2, 0) is 4.79 Å². The van der Waals surface area contributed by atoms with Crippen LogP contribution in [0.4, 0.5) is 4.39 Å². The molecule has 1 aromatic rings. The summed E-state index contributed by atoms with van der Waals surface area (Å²) in [5, 5.41) is 6.10. The molecule has 1 heterocycles. The second kappa shape index (κ2) is 6.12. The summed E-state index contributed by atoms with van der Waals surface area (Å²) in [6.07, 6.45) is 0. The van der Waals surface area contributed by atoms with Gasteiger partial charge in [0.25, 0.3) is 0 Å². The molecule has 0 aromatic heterocycles. The van der Waals surface area contributed by atoms with Crippen LogP contribution >= 0.6 is 0 Å². The normalized spacial score (nSPS) is 17.1. The smallest absolute Gasteiger partial charge is 0.234 e. The van der Waals surface area contributed by atoms with E-state index < -0.39 is 0 Å². The van der Waals surface area contributed by atoms with Crippen LogP contribution in [0.15, 0.2) is 24.3 Å². The Kier molecular flexibility index (Phi) is 4.50. The van der Waals surface area contributed by atoms with Crippen LogP contribution < -0.4 is 10.6 Å². The molecule has 1 aromatic carbocycles. The van der Waals surface area contributed by atoms with Gasteiger partial charge in [0.05, 0.1) is 12.6 Å². The SMILES string of the molecule is CC(NC(=O)CN(C)C1CNC1)c1ccc(F)cc1. The molecule has 0 saturated carbocycles. The molecule has 104 valence electrons. The Labute approximate surface area is 113 Å². The van der Waals surface area contributed by atoms with Gasteiger partial charge in [-0.3, -0.25) is 9.69 Å².